The number of carboxylic acids is 1. The summed E-state index contributed by atoms with van der Waals surface area (Å²) in [5.74, 6) is -0.536. The largest absolute Gasteiger partial charge is 0.480 e. The fraction of sp³-hybridized carbons (Fsp3) is 0.182. The SMILES string of the molecule is C[C@@H](Sc1nnc(-c2ccc(Br)cc2)o1)C(=O)O. The summed E-state index contributed by atoms with van der Waals surface area (Å²) >= 11 is 4.36. The van der Waals surface area contributed by atoms with Crippen LogP contribution in [0.3, 0.4) is 0 Å². The maximum Gasteiger partial charge on any atom is 0.316 e. The maximum atomic E-state index is 10.7. The molecule has 1 heterocycles. The molecule has 1 aromatic heterocycles. The van der Waals surface area contributed by atoms with Crippen molar-refractivity contribution < 1.29 is 14.3 Å². The molecule has 1 atom stereocenters. The molecular weight excluding hydrogens is 320 g/mol. The van der Waals surface area contributed by atoms with Crippen LogP contribution >= 0.6 is 27.7 Å². The first-order chi connectivity index (χ1) is 8.56. The average Bonchev–Trinajstić information content (AvgIpc) is 2.78. The number of carbonyl (C=O) groups is 1. The molecule has 2 rings (SSSR count). The van der Waals surface area contributed by atoms with E-state index in [0.29, 0.717) is 5.89 Å². The molecule has 0 aliphatic carbocycles. The van der Waals surface area contributed by atoms with Crippen molar-refractivity contribution in [2.75, 3.05) is 0 Å². The van der Waals surface area contributed by atoms with Crippen LogP contribution in [-0.2, 0) is 4.79 Å². The minimum atomic E-state index is -0.914. The molecule has 0 saturated heterocycles. The van der Waals surface area contributed by atoms with Crippen LogP contribution in [0.4, 0.5) is 0 Å². The van der Waals surface area contributed by atoms with Gasteiger partial charge in [0.2, 0.25) is 5.89 Å². The van der Waals surface area contributed by atoms with Crippen molar-refractivity contribution >= 4 is 33.7 Å². The first-order valence-electron chi connectivity index (χ1n) is 5.05. The fourth-order valence-corrected chi connectivity index (χ4v) is 2.05. The predicted molar refractivity (Wildman–Crippen MR) is 70.4 cm³/mol. The Morgan fingerprint density at radius 3 is 2.67 bits per heavy atom. The van der Waals surface area contributed by atoms with Crippen molar-refractivity contribution in [3.05, 3.63) is 28.7 Å². The molecule has 1 aromatic carbocycles. The Hall–Kier alpha value is -1.34. The molecule has 0 saturated carbocycles. The Bertz CT molecular complexity index is 556. The number of aliphatic carboxylic acids is 1. The Labute approximate surface area is 116 Å². The zero-order valence-corrected chi connectivity index (χ0v) is 11.7. The Kier molecular flexibility index (Phi) is 4.03. The summed E-state index contributed by atoms with van der Waals surface area (Å²) in [5, 5.41) is 16.1. The van der Waals surface area contributed by atoms with Crippen LogP contribution in [0.15, 0.2) is 38.4 Å². The van der Waals surface area contributed by atoms with Gasteiger partial charge in [-0.05, 0) is 31.2 Å². The molecule has 0 bridgehead atoms. The molecule has 0 amide bonds. The number of thioether (sulfide) groups is 1. The summed E-state index contributed by atoms with van der Waals surface area (Å²) in [6.07, 6.45) is 0. The smallest absolute Gasteiger partial charge is 0.316 e. The van der Waals surface area contributed by atoms with Crippen molar-refractivity contribution in [2.24, 2.45) is 0 Å². The minimum Gasteiger partial charge on any atom is -0.480 e. The van der Waals surface area contributed by atoms with Gasteiger partial charge in [0.15, 0.2) is 0 Å². The normalized spacial score (nSPS) is 12.3. The lowest BCUT2D eigenvalue weighted by Gasteiger charge is -1.99. The molecule has 0 aliphatic heterocycles. The summed E-state index contributed by atoms with van der Waals surface area (Å²) in [4.78, 5) is 10.7. The zero-order chi connectivity index (χ0) is 13.1. The van der Waals surface area contributed by atoms with Crippen molar-refractivity contribution in [2.45, 2.75) is 17.4 Å². The van der Waals surface area contributed by atoms with Gasteiger partial charge in [-0.1, -0.05) is 27.7 Å². The molecule has 94 valence electrons. The van der Waals surface area contributed by atoms with Gasteiger partial charge in [0, 0.05) is 10.0 Å². The van der Waals surface area contributed by atoms with Crippen LogP contribution in [0.1, 0.15) is 6.92 Å². The van der Waals surface area contributed by atoms with E-state index in [9.17, 15) is 4.79 Å². The number of rotatable bonds is 4. The van der Waals surface area contributed by atoms with Gasteiger partial charge < -0.3 is 9.52 Å². The molecule has 0 aliphatic rings. The van der Waals surface area contributed by atoms with Crippen molar-refractivity contribution in [3.63, 3.8) is 0 Å². The van der Waals surface area contributed by atoms with E-state index in [4.69, 9.17) is 9.52 Å². The van der Waals surface area contributed by atoms with Gasteiger partial charge >= 0.3 is 5.97 Å². The number of carboxylic acid groups (broad SMARTS) is 1. The van der Waals surface area contributed by atoms with Gasteiger partial charge in [0.25, 0.3) is 5.22 Å². The second-order valence-corrected chi connectivity index (χ2v) is 5.69. The molecule has 0 fully saturated rings. The Morgan fingerprint density at radius 2 is 2.06 bits per heavy atom. The molecular formula is C11H9BrN2O3S. The highest BCUT2D eigenvalue weighted by Crippen LogP contribution is 2.26. The standard InChI is InChI=1S/C11H9BrN2O3S/c1-6(10(15)16)18-11-14-13-9(17-11)7-2-4-8(12)5-3-7/h2-6H,1H3,(H,15,16)/t6-/m1/s1. The lowest BCUT2D eigenvalue weighted by atomic mass is 10.2. The van der Waals surface area contributed by atoms with E-state index < -0.39 is 11.2 Å². The third-order valence-corrected chi connectivity index (χ3v) is 3.57. The molecule has 7 heteroatoms. The molecule has 1 N–H and O–H groups in total. The molecule has 18 heavy (non-hydrogen) atoms. The fourth-order valence-electron chi connectivity index (χ4n) is 1.17. The number of hydrogen-bond acceptors (Lipinski definition) is 5. The van der Waals surface area contributed by atoms with E-state index in [0.717, 1.165) is 21.8 Å². The summed E-state index contributed by atoms with van der Waals surface area (Å²) in [7, 11) is 0. The van der Waals surface area contributed by atoms with Gasteiger partial charge in [0.05, 0.1) is 0 Å². The van der Waals surface area contributed by atoms with Gasteiger partial charge in [-0.3, -0.25) is 4.79 Å². The Balaban J connectivity index is 2.15. The Morgan fingerprint density at radius 1 is 1.39 bits per heavy atom. The van der Waals surface area contributed by atoms with E-state index in [1.165, 1.54) is 0 Å². The van der Waals surface area contributed by atoms with Gasteiger partial charge in [-0.15, -0.1) is 10.2 Å². The number of nitrogens with zero attached hydrogens (tertiary/aromatic N) is 2. The number of hydrogen-bond donors (Lipinski definition) is 1. The van der Waals surface area contributed by atoms with E-state index >= 15 is 0 Å². The highest BCUT2D eigenvalue weighted by Gasteiger charge is 2.17. The molecule has 5 nitrogen and oxygen atoms in total. The van der Waals surface area contributed by atoms with Crippen LogP contribution < -0.4 is 0 Å². The maximum absolute atomic E-state index is 10.7. The van der Waals surface area contributed by atoms with Gasteiger partial charge in [-0.2, -0.15) is 0 Å². The lowest BCUT2D eigenvalue weighted by molar-refractivity contribution is -0.136. The summed E-state index contributed by atoms with van der Waals surface area (Å²) in [6, 6.07) is 7.41. The van der Waals surface area contributed by atoms with E-state index in [2.05, 4.69) is 26.1 Å². The minimum absolute atomic E-state index is 0.253. The van der Waals surface area contributed by atoms with Gasteiger partial charge in [0.1, 0.15) is 5.25 Å². The predicted octanol–water partition coefficient (Wildman–Crippen LogP) is 3.06. The lowest BCUT2D eigenvalue weighted by Crippen LogP contribution is -2.10. The van der Waals surface area contributed by atoms with Gasteiger partial charge in [-0.25, -0.2) is 0 Å². The highest BCUT2D eigenvalue weighted by molar-refractivity contribution is 9.10. The number of aromatic nitrogens is 2. The summed E-state index contributed by atoms with van der Waals surface area (Å²) in [6.45, 7) is 1.57. The number of benzene rings is 1. The average molecular weight is 329 g/mol. The quantitative estimate of drug-likeness (QED) is 0.869. The van der Waals surface area contributed by atoms with Crippen LogP contribution in [0.2, 0.25) is 0 Å². The first-order valence-corrected chi connectivity index (χ1v) is 6.72. The second-order valence-electron chi connectivity index (χ2n) is 3.48. The topological polar surface area (TPSA) is 76.2 Å². The number of halogens is 1. The molecule has 0 unspecified atom stereocenters. The monoisotopic (exact) mass is 328 g/mol. The van der Waals surface area contributed by atoms with Crippen molar-refractivity contribution in [1.82, 2.24) is 10.2 Å². The van der Waals surface area contributed by atoms with E-state index in [1.54, 1.807) is 6.92 Å². The van der Waals surface area contributed by atoms with Crippen LogP contribution in [0.5, 0.6) is 0 Å². The van der Waals surface area contributed by atoms with E-state index in [-0.39, 0.29) is 5.22 Å². The van der Waals surface area contributed by atoms with E-state index in [1.807, 2.05) is 24.3 Å². The molecule has 2 aromatic rings. The van der Waals surface area contributed by atoms with Crippen molar-refractivity contribution in [1.29, 1.82) is 0 Å². The summed E-state index contributed by atoms with van der Waals surface area (Å²) in [5.41, 5.74) is 0.792. The van der Waals surface area contributed by atoms with Crippen LogP contribution in [0, 0.1) is 0 Å². The first kappa shape index (κ1) is 13.1. The second kappa shape index (κ2) is 5.53. The van der Waals surface area contributed by atoms with Crippen LogP contribution in [-0.4, -0.2) is 26.5 Å². The molecule has 0 radical (unpaired) electrons. The third kappa shape index (κ3) is 3.11. The molecule has 0 spiro atoms. The van der Waals surface area contributed by atoms with Crippen molar-refractivity contribution in [3.8, 4) is 11.5 Å². The highest BCUT2D eigenvalue weighted by atomic mass is 79.9. The van der Waals surface area contributed by atoms with Crippen LogP contribution in [0.25, 0.3) is 11.5 Å². The summed E-state index contributed by atoms with van der Waals surface area (Å²) < 4.78 is 6.35. The third-order valence-electron chi connectivity index (χ3n) is 2.12. The zero-order valence-electron chi connectivity index (χ0n) is 9.33.